The zero-order chi connectivity index (χ0) is 12.9. The van der Waals surface area contributed by atoms with Crippen LogP contribution in [0.1, 0.15) is 19.8 Å². The van der Waals surface area contributed by atoms with Gasteiger partial charge in [-0.1, -0.05) is 19.1 Å². The highest BCUT2D eigenvalue weighted by atomic mass is 32.2. The normalized spacial score (nSPS) is 24.1. The predicted octanol–water partition coefficient (Wildman–Crippen LogP) is 0.628. The van der Waals surface area contributed by atoms with Crippen LogP contribution in [0, 0.1) is 16.7 Å². The van der Waals surface area contributed by atoms with Crippen molar-refractivity contribution in [2.45, 2.75) is 19.8 Å². The van der Waals surface area contributed by atoms with E-state index in [1.807, 2.05) is 25.1 Å². The molecule has 0 saturated carbocycles. The molecule has 0 spiro atoms. The number of sulfonamides is 1. The lowest BCUT2D eigenvalue weighted by molar-refractivity contribution is 0.436. The second kappa shape index (κ2) is 5.34. The third-order valence-electron chi connectivity index (χ3n) is 2.74. The van der Waals surface area contributed by atoms with E-state index in [0.717, 1.165) is 0 Å². The van der Waals surface area contributed by atoms with Crippen molar-refractivity contribution >= 4 is 10.0 Å². The third kappa shape index (κ3) is 3.88. The largest absolute Gasteiger partial charge is 0.402 e. The van der Waals surface area contributed by atoms with Crippen LogP contribution >= 0.6 is 0 Å². The SMILES string of the molecule is CC1(CS(=O)(=O)NCCC#N)CC=CC=C1N. The van der Waals surface area contributed by atoms with E-state index in [2.05, 4.69) is 4.72 Å². The van der Waals surface area contributed by atoms with E-state index in [1.54, 1.807) is 6.08 Å². The van der Waals surface area contributed by atoms with Crippen molar-refractivity contribution in [3.63, 3.8) is 0 Å². The maximum Gasteiger partial charge on any atom is 0.212 e. The summed E-state index contributed by atoms with van der Waals surface area (Å²) in [4.78, 5) is 0. The molecule has 0 radical (unpaired) electrons. The van der Waals surface area contributed by atoms with Crippen molar-refractivity contribution < 1.29 is 8.42 Å². The van der Waals surface area contributed by atoms with Crippen LogP contribution in [0.15, 0.2) is 23.9 Å². The van der Waals surface area contributed by atoms with Crippen LogP contribution in [0.3, 0.4) is 0 Å². The number of nitrogens with one attached hydrogen (secondary N) is 1. The molecule has 5 nitrogen and oxygen atoms in total. The lowest BCUT2D eigenvalue weighted by Crippen LogP contribution is -2.39. The van der Waals surface area contributed by atoms with Crippen LogP contribution in [0.2, 0.25) is 0 Å². The van der Waals surface area contributed by atoms with E-state index in [1.165, 1.54) is 0 Å². The molecule has 6 heteroatoms. The quantitative estimate of drug-likeness (QED) is 0.704. The summed E-state index contributed by atoms with van der Waals surface area (Å²) in [6.07, 6.45) is 6.23. The van der Waals surface area contributed by atoms with Crippen molar-refractivity contribution in [1.29, 1.82) is 5.26 Å². The van der Waals surface area contributed by atoms with Crippen molar-refractivity contribution in [1.82, 2.24) is 4.72 Å². The molecule has 1 atom stereocenters. The van der Waals surface area contributed by atoms with E-state index in [4.69, 9.17) is 11.0 Å². The minimum atomic E-state index is -3.40. The molecule has 0 bridgehead atoms. The van der Waals surface area contributed by atoms with Crippen molar-refractivity contribution in [2.24, 2.45) is 11.1 Å². The highest BCUT2D eigenvalue weighted by Crippen LogP contribution is 2.32. The molecule has 0 fully saturated rings. The fraction of sp³-hybridized carbons (Fsp3) is 0.545. The Morgan fingerprint density at radius 2 is 2.35 bits per heavy atom. The van der Waals surface area contributed by atoms with E-state index in [9.17, 15) is 8.42 Å². The summed E-state index contributed by atoms with van der Waals surface area (Å²) < 4.78 is 26.0. The van der Waals surface area contributed by atoms with Crippen molar-refractivity contribution in [3.8, 4) is 6.07 Å². The van der Waals surface area contributed by atoms with Crippen LogP contribution in [0.5, 0.6) is 0 Å². The van der Waals surface area contributed by atoms with Crippen molar-refractivity contribution in [3.05, 3.63) is 23.9 Å². The van der Waals surface area contributed by atoms with Gasteiger partial charge in [0.1, 0.15) is 0 Å². The molecule has 1 aliphatic rings. The molecule has 0 saturated heterocycles. The first-order valence-corrected chi connectivity index (χ1v) is 7.02. The number of hydrogen-bond donors (Lipinski definition) is 2. The molecule has 1 unspecified atom stereocenters. The Morgan fingerprint density at radius 1 is 1.65 bits per heavy atom. The fourth-order valence-electron chi connectivity index (χ4n) is 1.69. The summed E-state index contributed by atoms with van der Waals surface area (Å²) in [6, 6.07) is 1.89. The minimum absolute atomic E-state index is 0.0574. The Morgan fingerprint density at radius 3 is 2.94 bits per heavy atom. The number of hydrogen-bond acceptors (Lipinski definition) is 4. The summed E-state index contributed by atoms with van der Waals surface area (Å²) in [7, 11) is -3.40. The summed E-state index contributed by atoms with van der Waals surface area (Å²) in [6.45, 7) is 1.97. The van der Waals surface area contributed by atoms with Gasteiger partial charge in [-0.15, -0.1) is 0 Å². The Hall–Kier alpha value is -1.32. The van der Waals surface area contributed by atoms with Gasteiger partial charge < -0.3 is 5.73 Å². The van der Waals surface area contributed by atoms with Gasteiger partial charge in [0.25, 0.3) is 0 Å². The number of nitrogens with two attached hydrogens (primary N) is 1. The third-order valence-corrected chi connectivity index (χ3v) is 4.41. The van der Waals surface area contributed by atoms with Gasteiger partial charge in [0.2, 0.25) is 10.0 Å². The first kappa shape index (κ1) is 13.7. The first-order valence-electron chi connectivity index (χ1n) is 5.37. The molecule has 0 aromatic heterocycles. The standard InChI is InChI=1S/C11H17N3O2S/c1-11(6-3-2-5-10(11)13)9-17(15,16)14-8-4-7-12/h2-3,5,14H,4,6,8-9,13H2,1H3. The minimum Gasteiger partial charge on any atom is -0.402 e. The van der Waals surface area contributed by atoms with Gasteiger partial charge in [-0.25, -0.2) is 13.1 Å². The maximum absolute atomic E-state index is 11.8. The van der Waals surface area contributed by atoms with E-state index < -0.39 is 15.4 Å². The van der Waals surface area contributed by atoms with Gasteiger partial charge in [-0.3, -0.25) is 0 Å². The second-order valence-corrected chi connectivity index (χ2v) is 6.18. The zero-order valence-electron chi connectivity index (χ0n) is 9.81. The van der Waals surface area contributed by atoms with E-state index in [-0.39, 0.29) is 18.7 Å². The molecular formula is C11H17N3O2S. The number of allylic oxidation sites excluding steroid dienone is 4. The van der Waals surface area contributed by atoms with Gasteiger partial charge in [0, 0.05) is 24.1 Å². The molecular weight excluding hydrogens is 238 g/mol. The second-order valence-electron chi connectivity index (χ2n) is 4.38. The van der Waals surface area contributed by atoms with Gasteiger partial charge in [-0.2, -0.15) is 5.26 Å². The molecule has 1 rings (SSSR count). The topological polar surface area (TPSA) is 96.0 Å². The summed E-state index contributed by atoms with van der Waals surface area (Å²) in [5, 5.41) is 8.35. The van der Waals surface area contributed by atoms with E-state index >= 15 is 0 Å². The maximum atomic E-state index is 11.8. The molecule has 0 aromatic rings. The Labute approximate surface area is 102 Å². The average molecular weight is 255 g/mol. The lowest BCUT2D eigenvalue weighted by atomic mass is 9.83. The van der Waals surface area contributed by atoms with Gasteiger partial charge in [0.15, 0.2) is 0 Å². The van der Waals surface area contributed by atoms with Crippen LogP contribution in [-0.4, -0.2) is 20.7 Å². The van der Waals surface area contributed by atoms with Gasteiger partial charge in [-0.05, 0) is 12.5 Å². The Kier molecular flexibility index (Phi) is 4.32. The molecule has 1 aliphatic carbocycles. The number of nitrogens with zero attached hydrogens (tertiary/aromatic N) is 1. The smallest absolute Gasteiger partial charge is 0.212 e. The highest BCUT2D eigenvalue weighted by Gasteiger charge is 2.33. The monoisotopic (exact) mass is 255 g/mol. The molecule has 0 aliphatic heterocycles. The summed E-state index contributed by atoms with van der Waals surface area (Å²) in [5.41, 5.74) is 5.85. The van der Waals surface area contributed by atoms with Crippen LogP contribution < -0.4 is 10.5 Å². The first-order chi connectivity index (χ1) is 7.90. The highest BCUT2D eigenvalue weighted by molar-refractivity contribution is 7.89. The fourth-order valence-corrected chi connectivity index (χ4v) is 3.33. The number of rotatable bonds is 5. The number of nitriles is 1. The van der Waals surface area contributed by atoms with Crippen LogP contribution in [-0.2, 0) is 10.0 Å². The van der Waals surface area contributed by atoms with Gasteiger partial charge >= 0.3 is 0 Å². The zero-order valence-corrected chi connectivity index (χ0v) is 10.6. The molecule has 0 amide bonds. The lowest BCUT2D eigenvalue weighted by Gasteiger charge is -2.30. The summed E-state index contributed by atoms with van der Waals surface area (Å²) >= 11 is 0. The van der Waals surface area contributed by atoms with Crippen LogP contribution in [0.4, 0.5) is 0 Å². The molecule has 0 aromatic carbocycles. The molecule has 17 heavy (non-hydrogen) atoms. The molecule has 0 heterocycles. The predicted molar refractivity (Wildman–Crippen MR) is 66.2 cm³/mol. The Bertz CT molecular complexity index is 473. The Balaban J connectivity index is 2.68. The van der Waals surface area contributed by atoms with Crippen molar-refractivity contribution in [2.75, 3.05) is 12.3 Å². The molecule has 3 N–H and O–H groups in total. The summed E-state index contributed by atoms with van der Waals surface area (Å²) in [5.74, 6) is -0.0574. The van der Waals surface area contributed by atoms with Gasteiger partial charge in [0.05, 0.1) is 11.8 Å². The van der Waals surface area contributed by atoms with E-state index in [0.29, 0.717) is 12.1 Å². The molecule has 94 valence electrons. The average Bonchev–Trinajstić information content (AvgIpc) is 2.22. The van der Waals surface area contributed by atoms with Crippen LogP contribution in [0.25, 0.3) is 0 Å².